The van der Waals surface area contributed by atoms with Gasteiger partial charge < -0.3 is 19.7 Å². The van der Waals surface area contributed by atoms with Crippen molar-refractivity contribution in [2.24, 2.45) is 11.8 Å². The highest BCUT2D eigenvalue weighted by atomic mass is 16.2. The van der Waals surface area contributed by atoms with Gasteiger partial charge in [0.1, 0.15) is 0 Å². The minimum absolute atomic E-state index is 0.0442. The van der Waals surface area contributed by atoms with E-state index in [1.54, 1.807) is 6.92 Å². The zero-order valence-electron chi connectivity index (χ0n) is 29.6. The highest BCUT2D eigenvalue weighted by Gasteiger charge is 2.21. The molecule has 1 N–H and O–H groups in total. The molecule has 0 radical (unpaired) electrons. The van der Waals surface area contributed by atoms with Crippen molar-refractivity contribution in [2.75, 3.05) is 51.1 Å². The minimum atomic E-state index is 0.0442. The van der Waals surface area contributed by atoms with E-state index in [0.717, 1.165) is 101 Å². The maximum Gasteiger partial charge on any atom is 0.253 e. The average molecular weight is 651 g/mol. The largest absolute Gasteiger partial charge is 0.339 e. The molecule has 0 spiro atoms. The summed E-state index contributed by atoms with van der Waals surface area (Å²) in [5, 5.41) is 3.51. The Morgan fingerprint density at radius 1 is 0.792 bits per heavy atom. The van der Waals surface area contributed by atoms with Crippen LogP contribution in [0.15, 0.2) is 72.8 Å². The molecule has 1 fully saturated rings. The lowest BCUT2D eigenvalue weighted by atomic mass is 10.1. The number of ketones is 1. The van der Waals surface area contributed by atoms with Crippen LogP contribution in [-0.4, -0.2) is 81.8 Å². The predicted octanol–water partition coefficient (Wildman–Crippen LogP) is 7.72. The first-order valence-electron chi connectivity index (χ1n) is 17.8. The second-order valence-electron chi connectivity index (χ2n) is 14.2. The SMILES string of the molecule is CC(=O)c1ccc(Nc2nc3ccc(C(=O)N(CCC(C)C)CCC(C)C)cc3n2CCCN2CCN(Cc3ccccc3)CC2)cc1. The van der Waals surface area contributed by atoms with Gasteiger partial charge in [-0.05, 0) is 92.6 Å². The van der Waals surface area contributed by atoms with E-state index in [1.165, 1.54) is 5.56 Å². The lowest BCUT2D eigenvalue weighted by molar-refractivity contribution is 0.0740. The molecule has 2 heterocycles. The maximum atomic E-state index is 13.9. The molecule has 4 aromatic rings. The number of piperazine rings is 1. The van der Waals surface area contributed by atoms with Gasteiger partial charge in [0.05, 0.1) is 11.0 Å². The summed E-state index contributed by atoms with van der Waals surface area (Å²) in [4.78, 5) is 37.9. The fourth-order valence-corrected chi connectivity index (χ4v) is 6.29. The van der Waals surface area contributed by atoms with Crippen molar-refractivity contribution in [3.63, 3.8) is 0 Å². The van der Waals surface area contributed by atoms with Gasteiger partial charge in [-0.1, -0.05) is 58.0 Å². The Morgan fingerprint density at radius 2 is 1.42 bits per heavy atom. The van der Waals surface area contributed by atoms with Gasteiger partial charge in [0.25, 0.3) is 5.91 Å². The van der Waals surface area contributed by atoms with Crippen molar-refractivity contribution in [1.29, 1.82) is 0 Å². The van der Waals surface area contributed by atoms with E-state index < -0.39 is 0 Å². The lowest BCUT2D eigenvalue weighted by Gasteiger charge is -2.34. The van der Waals surface area contributed by atoms with Crippen LogP contribution in [0.4, 0.5) is 11.6 Å². The van der Waals surface area contributed by atoms with Gasteiger partial charge >= 0.3 is 0 Å². The van der Waals surface area contributed by atoms with Gasteiger partial charge in [0.15, 0.2) is 5.78 Å². The maximum absolute atomic E-state index is 13.9. The second kappa shape index (κ2) is 16.9. The van der Waals surface area contributed by atoms with Gasteiger partial charge in [-0.3, -0.25) is 14.5 Å². The van der Waals surface area contributed by atoms with Gasteiger partial charge in [0.2, 0.25) is 5.95 Å². The number of carbonyl (C=O) groups excluding carboxylic acids is 2. The first kappa shape index (κ1) is 35.3. The molecule has 0 bridgehead atoms. The molecule has 0 aliphatic carbocycles. The van der Waals surface area contributed by atoms with Crippen LogP contribution in [0.5, 0.6) is 0 Å². The molecule has 1 aliphatic rings. The number of hydrogen-bond donors (Lipinski definition) is 1. The molecule has 5 rings (SSSR count). The fourth-order valence-electron chi connectivity index (χ4n) is 6.29. The van der Waals surface area contributed by atoms with Gasteiger partial charge in [0, 0.05) is 69.2 Å². The normalized spacial score (nSPS) is 14.2. The molecule has 3 aromatic carbocycles. The summed E-state index contributed by atoms with van der Waals surface area (Å²) in [5.41, 5.74) is 5.46. The first-order valence-corrected chi connectivity index (χ1v) is 17.8. The van der Waals surface area contributed by atoms with E-state index in [0.29, 0.717) is 23.0 Å². The van der Waals surface area contributed by atoms with Crippen molar-refractivity contribution in [1.82, 2.24) is 24.3 Å². The molecule has 0 atom stereocenters. The van der Waals surface area contributed by atoms with Crippen molar-refractivity contribution in [3.8, 4) is 0 Å². The number of fused-ring (bicyclic) bond motifs is 1. The number of Topliss-reactive ketones (excluding diaryl/α,β-unsaturated/α-hetero) is 1. The highest BCUT2D eigenvalue weighted by Crippen LogP contribution is 2.26. The summed E-state index contributed by atoms with van der Waals surface area (Å²) in [6.07, 6.45) is 2.94. The van der Waals surface area contributed by atoms with Gasteiger partial charge in [-0.25, -0.2) is 4.98 Å². The fraction of sp³-hybridized carbons (Fsp3) is 0.475. The van der Waals surface area contributed by atoms with Crippen LogP contribution in [0, 0.1) is 11.8 Å². The Bertz CT molecular complexity index is 1610. The van der Waals surface area contributed by atoms with Crippen LogP contribution >= 0.6 is 0 Å². The quantitative estimate of drug-likeness (QED) is 0.125. The number of aromatic nitrogens is 2. The summed E-state index contributed by atoms with van der Waals surface area (Å²) < 4.78 is 2.23. The Kier molecular flexibility index (Phi) is 12.4. The molecule has 1 aliphatic heterocycles. The first-order chi connectivity index (χ1) is 23.2. The van der Waals surface area contributed by atoms with Crippen molar-refractivity contribution in [2.45, 2.75) is 67.0 Å². The third kappa shape index (κ3) is 9.77. The minimum Gasteiger partial charge on any atom is -0.339 e. The molecule has 8 nitrogen and oxygen atoms in total. The van der Waals surface area contributed by atoms with E-state index in [-0.39, 0.29) is 11.7 Å². The van der Waals surface area contributed by atoms with Crippen LogP contribution in [0.25, 0.3) is 11.0 Å². The van der Waals surface area contributed by atoms with E-state index in [4.69, 9.17) is 4.98 Å². The summed E-state index contributed by atoms with van der Waals surface area (Å²) in [7, 11) is 0. The third-order valence-electron chi connectivity index (χ3n) is 9.35. The molecular formula is C40H54N6O2. The Morgan fingerprint density at radius 3 is 2.04 bits per heavy atom. The van der Waals surface area contributed by atoms with E-state index in [2.05, 4.69) is 77.7 Å². The predicted molar refractivity (Wildman–Crippen MR) is 197 cm³/mol. The number of benzene rings is 3. The monoisotopic (exact) mass is 650 g/mol. The number of imidazole rings is 1. The van der Waals surface area contributed by atoms with Crippen molar-refractivity contribution < 1.29 is 9.59 Å². The lowest BCUT2D eigenvalue weighted by Crippen LogP contribution is -2.46. The van der Waals surface area contributed by atoms with Crippen LogP contribution in [0.2, 0.25) is 0 Å². The molecule has 1 aromatic heterocycles. The summed E-state index contributed by atoms with van der Waals surface area (Å²) in [6.45, 7) is 19.0. The Hall–Kier alpha value is -4.01. The van der Waals surface area contributed by atoms with Crippen LogP contribution in [-0.2, 0) is 13.1 Å². The topological polar surface area (TPSA) is 73.7 Å². The van der Waals surface area contributed by atoms with E-state index in [9.17, 15) is 9.59 Å². The number of nitrogens with zero attached hydrogens (tertiary/aromatic N) is 5. The Labute approximate surface area is 287 Å². The van der Waals surface area contributed by atoms with Gasteiger partial charge in [-0.2, -0.15) is 0 Å². The molecule has 0 unspecified atom stereocenters. The smallest absolute Gasteiger partial charge is 0.253 e. The van der Waals surface area contributed by atoms with Crippen LogP contribution < -0.4 is 5.32 Å². The van der Waals surface area contributed by atoms with E-state index in [1.807, 2.05) is 47.4 Å². The van der Waals surface area contributed by atoms with E-state index >= 15 is 0 Å². The number of rotatable bonds is 16. The van der Waals surface area contributed by atoms with Gasteiger partial charge in [-0.15, -0.1) is 0 Å². The number of anilines is 2. The van der Waals surface area contributed by atoms with Crippen LogP contribution in [0.3, 0.4) is 0 Å². The highest BCUT2D eigenvalue weighted by molar-refractivity contribution is 5.98. The number of nitrogens with one attached hydrogen (secondary N) is 1. The number of amides is 1. The molecule has 8 heteroatoms. The molecule has 48 heavy (non-hydrogen) atoms. The van der Waals surface area contributed by atoms with Crippen LogP contribution in [0.1, 0.15) is 80.2 Å². The molecule has 0 saturated carbocycles. The molecule has 256 valence electrons. The molecule has 1 amide bonds. The van der Waals surface area contributed by atoms with Crippen molar-refractivity contribution >= 4 is 34.4 Å². The number of aryl methyl sites for hydroxylation is 1. The standard InChI is InChI=1S/C40H54N6O2/c1-30(2)18-22-45(23-19-31(3)4)39(48)35-14-17-37-38(28-35)46(40(42-37)41-36-15-12-34(13-16-36)32(5)47)21-9-20-43-24-26-44(27-25-43)29-33-10-7-6-8-11-33/h6-8,10-17,28,30-31H,9,18-27,29H2,1-5H3,(H,41,42). The zero-order chi connectivity index (χ0) is 34.0. The molecular weight excluding hydrogens is 596 g/mol. The number of carbonyl (C=O) groups is 2. The third-order valence-corrected chi connectivity index (χ3v) is 9.35. The molecule has 1 saturated heterocycles. The average Bonchev–Trinajstić information content (AvgIpc) is 3.41. The Balaban J connectivity index is 1.32. The summed E-state index contributed by atoms with van der Waals surface area (Å²) >= 11 is 0. The second-order valence-corrected chi connectivity index (χ2v) is 14.2. The number of hydrogen-bond acceptors (Lipinski definition) is 6. The zero-order valence-corrected chi connectivity index (χ0v) is 29.6. The summed E-state index contributed by atoms with van der Waals surface area (Å²) in [5.74, 6) is 1.95. The van der Waals surface area contributed by atoms with Crippen molar-refractivity contribution in [3.05, 3.63) is 89.5 Å². The summed E-state index contributed by atoms with van der Waals surface area (Å²) in [6, 6.07) is 24.2.